The second kappa shape index (κ2) is 6.50. The third-order valence-corrected chi connectivity index (χ3v) is 2.65. The van der Waals surface area contributed by atoms with E-state index in [2.05, 4.69) is 6.92 Å². The van der Waals surface area contributed by atoms with Gasteiger partial charge in [-0.3, -0.25) is 0 Å². The van der Waals surface area contributed by atoms with Gasteiger partial charge in [0, 0.05) is 21.3 Å². The summed E-state index contributed by atoms with van der Waals surface area (Å²) in [6.07, 6.45) is 1.67. The molecule has 0 N–H and O–H groups in total. The molecule has 0 aromatic rings. The van der Waals surface area contributed by atoms with Gasteiger partial charge >= 0.3 is 0 Å². The van der Waals surface area contributed by atoms with Gasteiger partial charge in [0.15, 0.2) is 10.5 Å². The van der Waals surface area contributed by atoms with Crippen LogP contribution in [0.3, 0.4) is 0 Å². The van der Waals surface area contributed by atoms with Crippen molar-refractivity contribution in [2.24, 2.45) is 0 Å². The zero-order valence-corrected chi connectivity index (χ0v) is 11.1. The highest BCUT2D eigenvalue weighted by molar-refractivity contribution is 5.98. The molecule has 0 aliphatic rings. The van der Waals surface area contributed by atoms with Crippen LogP contribution in [0.2, 0.25) is 0 Å². The standard InChI is InChI=1S/C8H20O4Si/c1-5-6-7(9-2)8(10-3,11-4)12-13/h7H,5-6H2,1-4,13H3. The summed E-state index contributed by atoms with van der Waals surface area (Å²) in [6.45, 7) is 2.08. The summed E-state index contributed by atoms with van der Waals surface area (Å²) in [4.78, 5) is 0. The molecule has 0 fully saturated rings. The normalized spacial score (nSPS) is 14.8. The lowest BCUT2D eigenvalue weighted by atomic mass is 10.2. The van der Waals surface area contributed by atoms with Gasteiger partial charge in [-0.15, -0.1) is 0 Å². The minimum Gasteiger partial charge on any atom is -0.378 e. The molecular formula is C8H20O4Si. The average Bonchev–Trinajstić information content (AvgIpc) is 2.19. The van der Waals surface area contributed by atoms with E-state index in [9.17, 15) is 0 Å². The van der Waals surface area contributed by atoms with Crippen molar-refractivity contribution >= 4 is 10.5 Å². The summed E-state index contributed by atoms with van der Waals surface area (Å²) in [5.74, 6) is -1.02. The second-order valence-corrected chi connectivity index (χ2v) is 3.14. The van der Waals surface area contributed by atoms with Gasteiger partial charge < -0.3 is 18.6 Å². The first-order valence-electron chi connectivity index (χ1n) is 4.39. The number of rotatable bonds is 7. The molecule has 1 unspecified atom stereocenters. The summed E-state index contributed by atoms with van der Waals surface area (Å²) in [5.41, 5.74) is 0. The third-order valence-electron chi connectivity index (χ3n) is 2.08. The number of methoxy groups -OCH3 is 3. The van der Waals surface area contributed by atoms with Crippen molar-refractivity contribution < 1.29 is 18.6 Å². The van der Waals surface area contributed by atoms with Gasteiger partial charge in [-0.1, -0.05) is 13.3 Å². The van der Waals surface area contributed by atoms with E-state index in [1.807, 2.05) is 0 Å². The summed E-state index contributed by atoms with van der Waals surface area (Å²) >= 11 is 0. The molecule has 80 valence electrons. The van der Waals surface area contributed by atoms with Crippen molar-refractivity contribution in [3.05, 3.63) is 0 Å². The molecule has 0 bridgehead atoms. The van der Waals surface area contributed by atoms with Crippen LogP contribution in [-0.2, 0) is 18.6 Å². The van der Waals surface area contributed by atoms with Crippen LogP contribution in [0, 0.1) is 0 Å². The van der Waals surface area contributed by atoms with E-state index < -0.39 is 5.97 Å². The van der Waals surface area contributed by atoms with Crippen LogP contribution in [0.4, 0.5) is 0 Å². The van der Waals surface area contributed by atoms with Crippen LogP contribution in [0.15, 0.2) is 0 Å². The van der Waals surface area contributed by atoms with Gasteiger partial charge in [0.25, 0.3) is 5.97 Å². The number of hydrogen-bond donors (Lipinski definition) is 0. The minimum absolute atomic E-state index is 0.176. The van der Waals surface area contributed by atoms with Crippen molar-refractivity contribution in [3.8, 4) is 0 Å². The molecule has 0 heterocycles. The molecule has 4 nitrogen and oxygen atoms in total. The zero-order chi connectivity index (χ0) is 10.3. The SMILES string of the molecule is CCCC(OC)C(OC)(OC)O[SiH3]. The largest absolute Gasteiger partial charge is 0.378 e. The van der Waals surface area contributed by atoms with Gasteiger partial charge in [0.1, 0.15) is 6.10 Å². The molecule has 1 atom stereocenters. The van der Waals surface area contributed by atoms with Crippen molar-refractivity contribution in [3.63, 3.8) is 0 Å². The zero-order valence-electron chi connectivity index (χ0n) is 9.12. The van der Waals surface area contributed by atoms with E-state index in [1.54, 1.807) is 21.3 Å². The Balaban J connectivity index is 4.45. The lowest BCUT2D eigenvalue weighted by Crippen LogP contribution is -2.49. The summed E-state index contributed by atoms with van der Waals surface area (Å²) in [7, 11) is 5.29. The Morgan fingerprint density at radius 1 is 1.23 bits per heavy atom. The lowest BCUT2D eigenvalue weighted by Gasteiger charge is -2.35. The van der Waals surface area contributed by atoms with Crippen molar-refractivity contribution in [1.29, 1.82) is 0 Å². The monoisotopic (exact) mass is 208 g/mol. The molecule has 0 aliphatic carbocycles. The highest BCUT2D eigenvalue weighted by atomic mass is 28.2. The Bertz CT molecular complexity index is 119. The highest BCUT2D eigenvalue weighted by Gasteiger charge is 2.39. The molecule has 13 heavy (non-hydrogen) atoms. The molecule has 5 heteroatoms. The van der Waals surface area contributed by atoms with Gasteiger partial charge in [-0.2, -0.15) is 0 Å². The highest BCUT2D eigenvalue weighted by Crippen LogP contribution is 2.23. The Labute approximate surface area is 83.0 Å². The fourth-order valence-corrected chi connectivity index (χ4v) is 1.94. The smallest absolute Gasteiger partial charge is 0.300 e. The van der Waals surface area contributed by atoms with Crippen LogP contribution in [0.5, 0.6) is 0 Å². The number of ether oxygens (including phenoxy) is 3. The lowest BCUT2D eigenvalue weighted by molar-refractivity contribution is -0.365. The molecule has 0 aromatic heterocycles. The van der Waals surface area contributed by atoms with E-state index in [4.69, 9.17) is 18.6 Å². The predicted molar refractivity (Wildman–Crippen MR) is 53.5 cm³/mol. The molecule has 0 aliphatic heterocycles. The van der Waals surface area contributed by atoms with E-state index in [-0.39, 0.29) is 6.10 Å². The molecule has 0 aromatic carbocycles. The summed E-state index contributed by atoms with van der Waals surface area (Å²) in [5, 5.41) is 0. The first-order valence-corrected chi connectivity index (χ1v) is 5.20. The molecule has 0 saturated heterocycles. The van der Waals surface area contributed by atoms with Gasteiger partial charge in [-0.25, -0.2) is 0 Å². The molecule has 0 radical (unpaired) electrons. The topological polar surface area (TPSA) is 36.9 Å². The first kappa shape index (κ1) is 13.1. The predicted octanol–water partition coefficient (Wildman–Crippen LogP) is 0.0451. The third kappa shape index (κ3) is 3.03. The second-order valence-electron chi connectivity index (χ2n) is 2.73. The molecule has 0 amide bonds. The van der Waals surface area contributed by atoms with E-state index in [1.165, 1.54) is 0 Å². The molecular weight excluding hydrogens is 188 g/mol. The maximum atomic E-state index is 5.31. The Morgan fingerprint density at radius 3 is 2.00 bits per heavy atom. The van der Waals surface area contributed by atoms with Crippen molar-refractivity contribution in [2.75, 3.05) is 21.3 Å². The van der Waals surface area contributed by atoms with E-state index in [0.29, 0.717) is 10.5 Å². The fourth-order valence-electron chi connectivity index (χ4n) is 1.35. The summed E-state index contributed by atoms with van der Waals surface area (Å²) < 4.78 is 21.0. The number of hydrogen-bond acceptors (Lipinski definition) is 4. The molecule has 0 saturated carbocycles. The van der Waals surface area contributed by atoms with E-state index in [0.717, 1.165) is 12.8 Å². The Hall–Kier alpha value is 0.0569. The van der Waals surface area contributed by atoms with Gasteiger partial charge in [0.2, 0.25) is 0 Å². The van der Waals surface area contributed by atoms with Crippen LogP contribution in [0.25, 0.3) is 0 Å². The van der Waals surface area contributed by atoms with Crippen molar-refractivity contribution in [2.45, 2.75) is 31.8 Å². The van der Waals surface area contributed by atoms with Gasteiger partial charge in [0.05, 0.1) is 0 Å². The maximum Gasteiger partial charge on any atom is 0.300 e. The Kier molecular flexibility index (Phi) is 6.53. The van der Waals surface area contributed by atoms with E-state index >= 15 is 0 Å². The molecule has 0 spiro atoms. The van der Waals surface area contributed by atoms with Gasteiger partial charge in [-0.05, 0) is 6.42 Å². The minimum atomic E-state index is -1.02. The van der Waals surface area contributed by atoms with Crippen molar-refractivity contribution in [1.82, 2.24) is 0 Å². The summed E-state index contributed by atoms with van der Waals surface area (Å²) in [6, 6.07) is 0. The quantitative estimate of drug-likeness (QED) is 0.437. The van der Waals surface area contributed by atoms with Crippen LogP contribution < -0.4 is 0 Å². The first-order chi connectivity index (χ1) is 6.20. The average molecular weight is 208 g/mol. The Morgan fingerprint density at radius 2 is 1.77 bits per heavy atom. The fraction of sp³-hybridized carbons (Fsp3) is 1.00. The van der Waals surface area contributed by atoms with Crippen LogP contribution in [0.1, 0.15) is 19.8 Å². The van der Waals surface area contributed by atoms with Crippen LogP contribution in [-0.4, -0.2) is 43.9 Å². The molecule has 0 rings (SSSR count). The maximum absolute atomic E-state index is 5.31. The van der Waals surface area contributed by atoms with Crippen LogP contribution >= 0.6 is 0 Å².